The monoisotopic (exact) mass is 248 g/mol. The van der Waals surface area contributed by atoms with Crippen LogP contribution in [0.3, 0.4) is 0 Å². The van der Waals surface area contributed by atoms with Crippen molar-refractivity contribution in [2.45, 2.75) is 39.2 Å². The number of unbranched alkanes of at least 4 members (excludes halogenated alkanes) is 2. The summed E-state index contributed by atoms with van der Waals surface area (Å²) >= 11 is 0. The van der Waals surface area contributed by atoms with Crippen LogP contribution in [0.25, 0.3) is 0 Å². The quantitative estimate of drug-likeness (QED) is 0.676. The van der Waals surface area contributed by atoms with Gasteiger partial charge in [-0.2, -0.15) is 0 Å². The fourth-order valence-electron chi connectivity index (χ4n) is 2.22. The number of rotatable bonds is 9. The van der Waals surface area contributed by atoms with E-state index >= 15 is 0 Å². The lowest BCUT2D eigenvalue weighted by Crippen LogP contribution is -2.20. The second-order valence-corrected chi connectivity index (χ2v) is 5.07. The molecule has 0 aromatic heterocycles. The summed E-state index contributed by atoms with van der Waals surface area (Å²) in [6, 6.07) is 8.82. The normalized spacial score (nSPS) is 11.1. The van der Waals surface area contributed by atoms with Crippen molar-refractivity contribution < 1.29 is 0 Å². The fraction of sp³-hybridized carbons (Fsp3) is 0.625. The Bertz CT molecular complexity index is 323. The maximum atomic E-state index is 3.23. The fourth-order valence-corrected chi connectivity index (χ4v) is 2.22. The average molecular weight is 248 g/mol. The van der Waals surface area contributed by atoms with Crippen molar-refractivity contribution in [2.24, 2.45) is 0 Å². The second kappa shape index (κ2) is 9.12. The average Bonchev–Trinajstić information content (AvgIpc) is 2.38. The van der Waals surface area contributed by atoms with Gasteiger partial charge in [0.1, 0.15) is 0 Å². The summed E-state index contributed by atoms with van der Waals surface area (Å²) in [4.78, 5) is 2.44. The first kappa shape index (κ1) is 15.2. The van der Waals surface area contributed by atoms with Crippen LogP contribution in [0.2, 0.25) is 0 Å². The Morgan fingerprint density at radius 3 is 2.50 bits per heavy atom. The maximum absolute atomic E-state index is 3.23. The molecule has 0 atom stereocenters. The molecule has 1 aromatic rings. The van der Waals surface area contributed by atoms with E-state index in [-0.39, 0.29) is 0 Å². The third-order valence-electron chi connectivity index (χ3n) is 3.35. The molecule has 0 saturated heterocycles. The summed E-state index contributed by atoms with van der Waals surface area (Å²) < 4.78 is 0. The molecule has 0 aliphatic heterocycles. The van der Waals surface area contributed by atoms with Crippen LogP contribution in [0.1, 0.15) is 37.3 Å². The van der Waals surface area contributed by atoms with Crippen molar-refractivity contribution >= 4 is 0 Å². The Morgan fingerprint density at radius 2 is 1.83 bits per heavy atom. The molecule has 0 unspecified atom stereocenters. The Labute approximate surface area is 112 Å². The number of nitrogens with zero attached hydrogens (tertiary/aromatic N) is 1. The molecule has 2 heteroatoms. The van der Waals surface area contributed by atoms with Crippen molar-refractivity contribution in [1.82, 2.24) is 10.2 Å². The van der Waals surface area contributed by atoms with Crippen LogP contribution in [-0.4, -0.2) is 32.1 Å². The lowest BCUT2D eigenvalue weighted by molar-refractivity contribution is 0.317. The molecular formula is C16H28N2. The van der Waals surface area contributed by atoms with Crippen LogP contribution in [0, 0.1) is 0 Å². The largest absolute Gasteiger partial charge is 0.319 e. The first-order valence-electron chi connectivity index (χ1n) is 7.17. The van der Waals surface area contributed by atoms with E-state index in [4.69, 9.17) is 0 Å². The molecule has 0 spiro atoms. The molecular weight excluding hydrogens is 220 g/mol. The molecule has 0 bridgehead atoms. The predicted octanol–water partition coefficient (Wildman–Crippen LogP) is 3.07. The molecule has 0 heterocycles. The van der Waals surface area contributed by atoms with Crippen molar-refractivity contribution in [2.75, 3.05) is 27.2 Å². The van der Waals surface area contributed by atoms with Crippen molar-refractivity contribution in [3.05, 3.63) is 35.4 Å². The van der Waals surface area contributed by atoms with E-state index in [1.54, 1.807) is 0 Å². The van der Waals surface area contributed by atoms with E-state index in [0.29, 0.717) is 0 Å². The maximum Gasteiger partial charge on any atom is 0.0233 e. The molecule has 1 rings (SSSR count). The SMILES string of the molecule is CCCCCN(C)Cc1ccccc1CCNC. The summed E-state index contributed by atoms with van der Waals surface area (Å²) in [6.07, 6.45) is 5.07. The predicted molar refractivity (Wildman–Crippen MR) is 79.9 cm³/mol. The van der Waals surface area contributed by atoms with Gasteiger partial charge in [0.05, 0.1) is 0 Å². The van der Waals surface area contributed by atoms with E-state index in [9.17, 15) is 0 Å². The molecule has 0 fully saturated rings. The third kappa shape index (κ3) is 5.65. The van der Waals surface area contributed by atoms with Gasteiger partial charge >= 0.3 is 0 Å². The van der Waals surface area contributed by atoms with Gasteiger partial charge in [-0.1, -0.05) is 44.0 Å². The van der Waals surface area contributed by atoms with E-state index in [0.717, 1.165) is 19.5 Å². The minimum Gasteiger partial charge on any atom is -0.319 e. The Kier molecular flexibility index (Phi) is 7.70. The van der Waals surface area contributed by atoms with Crippen LogP contribution in [-0.2, 0) is 13.0 Å². The van der Waals surface area contributed by atoms with Gasteiger partial charge in [-0.15, -0.1) is 0 Å². The summed E-state index contributed by atoms with van der Waals surface area (Å²) in [5, 5.41) is 3.23. The minimum atomic E-state index is 1.05. The number of benzene rings is 1. The van der Waals surface area contributed by atoms with E-state index in [1.807, 2.05) is 7.05 Å². The zero-order valence-electron chi connectivity index (χ0n) is 12.2. The molecule has 0 amide bonds. The van der Waals surface area contributed by atoms with Gasteiger partial charge in [-0.05, 0) is 51.2 Å². The van der Waals surface area contributed by atoms with Crippen LogP contribution in [0.4, 0.5) is 0 Å². The van der Waals surface area contributed by atoms with Gasteiger partial charge in [0.2, 0.25) is 0 Å². The highest BCUT2D eigenvalue weighted by molar-refractivity contribution is 5.27. The van der Waals surface area contributed by atoms with Crippen molar-refractivity contribution in [3.63, 3.8) is 0 Å². The smallest absolute Gasteiger partial charge is 0.0233 e. The second-order valence-electron chi connectivity index (χ2n) is 5.07. The number of hydrogen-bond acceptors (Lipinski definition) is 2. The lowest BCUT2D eigenvalue weighted by atomic mass is 10.0. The number of nitrogens with one attached hydrogen (secondary N) is 1. The molecule has 1 aromatic carbocycles. The zero-order chi connectivity index (χ0) is 13.2. The van der Waals surface area contributed by atoms with Crippen LogP contribution in [0.5, 0.6) is 0 Å². The van der Waals surface area contributed by atoms with Crippen LogP contribution >= 0.6 is 0 Å². The minimum absolute atomic E-state index is 1.05. The molecule has 102 valence electrons. The van der Waals surface area contributed by atoms with Gasteiger partial charge < -0.3 is 10.2 Å². The van der Waals surface area contributed by atoms with Crippen molar-refractivity contribution in [3.8, 4) is 0 Å². The van der Waals surface area contributed by atoms with Crippen LogP contribution in [0.15, 0.2) is 24.3 Å². The molecule has 1 N–H and O–H groups in total. The highest BCUT2D eigenvalue weighted by atomic mass is 15.1. The topological polar surface area (TPSA) is 15.3 Å². The van der Waals surface area contributed by atoms with Gasteiger partial charge in [-0.25, -0.2) is 0 Å². The molecule has 0 radical (unpaired) electrons. The van der Waals surface area contributed by atoms with Gasteiger partial charge in [-0.3, -0.25) is 0 Å². The summed E-state index contributed by atoms with van der Waals surface area (Å²) in [5.74, 6) is 0. The van der Waals surface area contributed by atoms with Gasteiger partial charge in [0.25, 0.3) is 0 Å². The standard InChI is InChI=1S/C16H28N2/c1-4-5-8-13-18(3)14-16-10-7-6-9-15(16)11-12-17-2/h6-7,9-10,17H,4-5,8,11-14H2,1-3H3. The molecule has 2 nitrogen and oxygen atoms in total. The van der Waals surface area contributed by atoms with Crippen LogP contribution < -0.4 is 5.32 Å². The van der Waals surface area contributed by atoms with Crippen molar-refractivity contribution in [1.29, 1.82) is 0 Å². The summed E-state index contributed by atoms with van der Waals surface area (Å²) in [7, 11) is 4.24. The Morgan fingerprint density at radius 1 is 1.11 bits per heavy atom. The van der Waals surface area contributed by atoms with Gasteiger partial charge in [0.15, 0.2) is 0 Å². The first-order valence-corrected chi connectivity index (χ1v) is 7.17. The molecule has 18 heavy (non-hydrogen) atoms. The highest BCUT2D eigenvalue weighted by Crippen LogP contribution is 2.12. The Hall–Kier alpha value is -0.860. The highest BCUT2D eigenvalue weighted by Gasteiger charge is 2.04. The summed E-state index contributed by atoms with van der Waals surface area (Å²) in [6.45, 7) is 5.58. The molecule has 0 saturated carbocycles. The first-order chi connectivity index (χ1) is 8.77. The number of likely N-dealkylation sites (N-methyl/N-ethyl adjacent to an activating group) is 1. The van der Waals surface area contributed by atoms with E-state index in [1.165, 1.54) is 36.9 Å². The summed E-state index contributed by atoms with van der Waals surface area (Å²) in [5.41, 5.74) is 2.96. The lowest BCUT2D eigenvalue weighted by Gasteiger charge is -2.18. The number of hydrogen-bond donors (Lipinski definition) is 1. The van der Waals surface area contributed by atoms with E-state index in [2.05, 4.69) is 48.5 Å². The molecule has 0 aliphatic rings. The van der Waals surface area contributed by atoms with Gasteiger partial charge in [0, 0.05) is 6.54 Å². The Balaban J connectivity index is 2.49. The third-order valence-corrected chi connectivity index (χ3v) is 3.35. The molecule has 0 aliphatic carbocycles. The van der Waals surface area contributed by atoms with E-state index < -0.39 is 0 Å². The zero-order valence-corrected chi connectivity index (χ0v) is 12.2.